The third kappa shape index (κ3) is 2.56. The van der Waals surface area contributed by atoms with Crippen molar-refractivity contribution in [2.75, 3.05) is 0 Å². The number of Topliss-reactive ketones (excluding diaryl/α,β-unsaturated/α-hetero) is 1. The van der Waals surface area contributed by atoms with Crippen LogP contribution in [0.2, 0.25) is 0 Å². The smallest absolute Gasteiger partial charge is 0.191 e. The molecule has 0 N–H and O–H groups in total. The molecule has 0 atom stereocenters. The van der Waals surface area contributed by atoms with Gasteiger partial charge in [-0.1, -0.05) is 74.6 Å². The van der Waals surface area contributed by atoms with E-state index in [2.05, 4.69) is 45.0 Å². The van der Waals surface area contributed by atoms with Crippen LogP contribution in [0.3, 0.4) is 0 Å². The molecule has 0 amide bonds. The van der Waals surface area contributed by atoms with Crippen molar-refractivity contribution in [1.82, 2.24) is 0 Å². The zero-order valence-electron chi connectivity index (χ0n) is 13.5. The first kappa shape index (κ1) is 15.1. The van der Waals surface area contributed by atoms with Gasteiger partial charge in [-0.05, 0) is 28.7 Å². The number of allylic oxidation sites excluding steroid dienone is 1. The first-order valence-corrected chi connectivity index (χ1v) is 9.43. The minimum atomic E-state index is 0.148. The Morgan fingerprint density at radius 2 is 1.70 bits per heavy atom. The van der Waals surface area contributed by atoms with Gasteiger partial charge in [-0.15, -0.1) is 0 Å². The molecule has 0 fully saturated rings. The van der Waals surface area contributed by atoms with Gasteiger partial charge in [-0.25, -0.2) is 0 Å². The van der Waals surface area contributed by atoms with Crippen LogP contribution in [-0.2, 0) is 11.8 Å². The SMILES string of the molecule is CC(C)(C)c1ccc2c(c1)S/C(=C1\Cc3ccccc3C1=O)S2. The minimum Gasteiger partial charge on any atom is -0.289 e. The molecule has 0 bridgehead atoms. The fourth-order valence-corrected chi connectivity index (χ4v) is 5.56. The molecule has 0 spiro atoms. The minimum absolute atomic E-state index is 0.148. The highest BCUT2D eigenvalue weighted by molar-refractivity contribution is 8.24. The lowest BCUT2D eigenvalue weighted by atomic mass is 9.87. The molecule has 2 aromatic rings. The number of carbonyl (C=O) groups excluding carboxylic acids is 1. The molecule has 2 aliphatic rings. The summed E-state index contributed by atoms with van der Waals surface area (Å²) in [5.74, 6) is 0.208. The van der Waals surface area contributed by atoms with Crippen molar-refractivity contribution in [3.8, 4) is 0 Å². The van der Waals surface area contributed by atoms with Gasteiger partial charge in [0.15, 0.2) is 5.78 Å². The third-order valence-electron chi connectivity index (χ3n) is 4.36. The average molecular weight is 338 g/mol. The molecule has 0 saturated heterocycles. The summed E-state index contributed by atoms with van der Waals surface area (Å²) in [6, 6.07) is 14.7. The maximum Gasteiger partial charge on any atom is 0.191 e. The number of thioether (sulfide) groups is 2. The zero-order chi connectivity index (χ0) is 16.2. The second kappa shape index (κ2) is 5.29. The third-order valence-corrected chi connectivity index (χ3v) is 6.99. The van der Waals surface area contributed by atoms with E-state index in [1.807, 2.05) is 18.2 Å². The highest BCUT2D eigenvalue weighted by Gasteiger charge is 2.31. The lowest BCUT2D eigenvalue weighted by molar-refractivity contribution is 0.103. The fraction of sp³-hybridized carbons (Fsp3) is 0.250. The summed E-state index contributed by atoms with van der Waals surface area (Å²) in [6.45, 7) is 6.70. The predicted molar refractivity (Wildman–Crippen MR) is 98.4 cm³/mol. The maximum absolute atomic E-state index is 12.7. The van der Waals surface area contributed by atoms with Gasteiger partial charge in [0.2, 0.25) is 0 Å². The highest BCUT2D eigenvalue weighted by atomic mass is 32.2. The topological polar surface area (TPSA) is 17.1 Å². The van der Waals surface area contributed by atoms with Crippen LogP contribution in [0.4, 0.5) is 0 Å². The lowest BCUT2D eigenvalue weighted by Gasteiger charge is -2.19. The summed E-state index contributed by atoms with van der Waals surface area (Å²) in [5.41, 5.74) is 4.50. The van der Waals surface area contributed by atoms with Gasteiger partial charge in [-0.2, -0.15) is 0 Å². The van der Waals surface area contributed by atoms with Crippen LogP contribution in [0.15, 0.2) is 62.1 Å². The lowest BCUT2D eigenvalue weighted by Crippen LogP contribution is -2.10. The van der Waals surface area contributed by atoms with Crippen molar-refractivity contribution >= 4 is 29.3 Å². The van der Waals surface area contributed by atoms with Gasteiger partial charge in [0.05, 0.1) is 4.24 Å². The van der Waals surface area contributed by atoms with Gasteiger partial charge in [0.1, 0.15) is 0 Å². The van der Waals surface area contributed by atoms with E-state index in [-0.39, 0.29) is 11.2 Å². The number of rotatable bonds is 0. The summed E-state index contributed by atoms with van der Waals surface area (Å²) in [6.07, 6.45) is 0.768. The highest BCUT2D eigenvalue weighted by Crippen LogP contribution is 2.54. The summed E-state index contributed by atoms with van der Waals surface area (Å²) >= 11 is 3.51. The Hall–Kier alpha value is -1.45. The van der Waals surface area contributed by atoms with Gasteiger partial charge in [0.25, 0.3) is 0 Å². The first-order chi connectivity index (χ1) is 10.9. The molecule has 0 saturated carbocycles. The number of carbonyl (C=O) groups is 1. The molecular weight excluding hydrogens is 320 g/mol. The number of ketones is 1. The van der Waals surface area contributed by atoms with Crippen LogP contribution in [0.5, 0.6) is 0 Å². The van der Waals surface area contributed by atoms with E-state index in [0.29, 0.717) is 0 Å². The van der Waals surface area contributed by atoms with Crippen LogP contribution < -0.4 is 0 Å². The normalized spacial score (nSPS) is 19.9. The van der Waals surface area contributed by atoms with Crippen molar-refractivity contribution < 1.29 is 4.79 Å². The van der Waals surface area contributed by atoms with E-state index >= 15 is 0 Å². The molecule has 1 heterocycles. The summed E-state index contributed by atoms with van der Waals surface area (Å²) in [7, 11) is 0. The van der Waals surface area contributed by atoms with Crippen molar-refractivity contribution in [1.29, 1.82) is 0 Å². The second-order valence-electron chi connectivity index (χ2n) is 7.04. The molecule has 23 heavy (non-hydrogen) atoms. The van der Waals surface area contributed by atoms with Gasteiger partial charge in [0, 0.05) is 27.3 Å². The molecule has 0 aromatic heterocycles. The van der Waals surface area contributed by atoms with Crippen LogP contribution in [0.1, 0.15) is 42.3 Å². The molecule has 0 radical (unpaired) electrons. The van der Waals surface area contributed by atoms with Gasteiger partial charge in [-0.3, -0.25) is 4.79 Å². The summed E-state index contributed by atoms with van der Waals surface area (Å²) in [5, 5.41) is 0. The molecule has 4 rings (SSSR count). The number of benzene rings is 2. The second-order valence-corrected chi connectivity index (χ2v) is 9.41. The van der Waals surface area contributed by atoms with Gasteiger partial charge >= 0.3 is 0 Å². The fourth-order valence-electron chi connectivity index (χ4n) is 2.98. The Kier molecular flexibility index (Phi) is 3.47. The molecule has 0 unspecified atom stereocenters. The molecule has 1 aliphatic carbocycles. The standard InChI is InChI=1S/C20H18OS2/c1-20(2,3)13-8-9-16-17(11-13)23-19(22-16)15-10-12-6-4-5-7-14(12)18(15)21/h4-9,11H,10H2,1-3H3/b19-15+. The Bertz CT molecular complexity index is 856. The largest absolute Gasteiger partial charge is 0.289 e. The Morgan fingerprint density at radius 1 is 0.957 bits per heavy atom. The van der Waals surface area contributed by atoms with E-state index in [9.17, 15) is 4.79 Å². The molecular formula is C20H18OS2. The molecule has 116 valence electrons. The van der Waals surface area contributed by atoms with Crippen molar-refractivity contribution in [3.63, 3.8) is 0 Å². The average Bonchev–Trinajstić information content (AvgIpc) is 3.07. The Labute approximate surface area is 145 Å². The van der Waals surface area contributed by atoms with Crippen molar-refractivity contribution in [2.24, 2.45) is 0 Å². The molecule has 1 nitrogen and oxygen atoms in total. The summed E-state index contributed by atoms with van der Waals surface area (Å²) < 4.78 is 1.16. The summed E-state index contributed by atoms with van der Waals surface area (Å²) in [4.78, 5) is 15.2. The van der Waals surface area contributed by atoms with Crippen LogP contribution in [0.25, 0.3) is 0 Å². The number of fused-ring (bicyclic) bond motifs is 2. The van der Waals surface area contributed by atoms with Crippen LogP contribution in [0, 0.1) is 0 Å². The van der Waals surface area contributed by atoms with Gasteiger partial charge < -0.3 is 0 Å². The zero-order valence-corrected chi connectivity index (χ0v) is 15.1. The monoisotopic (exact) mass is 338 g/mol. The first-order valence-electron chi connectivity index (χ1n) is 7.79. The van der Waals surface area contributed by atoms with E-state index in [0.717, 1.165) is 27.4 Å². The van der Waals surface area contributed by atoms with Crippen LogP contribution >= 0.6 is 23.5 Å². The maximum atomic E-state index is 12.7. The predicted octanol–water partition coefficient (Wildman–Crippen LogP) is 5.83. The number of hydrogen-bond acceptors (Lipinski definition) is 3. The van der Waals surface area contributed by atoms with Crippen molar-refractivity contribution in [3.05, 3.63) is 69.0 Å². The van der Waals surface area contributed by atoms with Crippen LogP contribution in [-0.4, -0.2) is 5.78 Å². The Balaban J connectivity index is 1.70. The number of hydrogen-bond donors (Lipinski definition) is 0. The quantitative estimate of drug-likeness (QED) is 0.562. The molecule has 3 heteroatoms. The molecule has 1 aliphatic heterocycles. The molecule has 2 aromatic carbocycles. The van der Waals surface area contributed by atoms with E-state index in [1.54, 1.807) is 23.5 Å². The van der Waals surface area contributed by atoms with E-state index in [4.69, 9.17) is 0 Å². The van der Waals surface area contributed by atoms with Crippen molar-refractivity contribution in [2.45, 2.75) is 42.4 Å². The van der Waals surface area contributed by atoms with E-state index < -0.39 is 0 Å². The Morgan fingerprint density at radius 3 is 2.43 bits per heavy atom. The van der Waals surface area contributed by atoms with E-state index in [1.165, 1.54) is 15.4 Å².